The number of rotatable bonds is 19. The van der Waals surface area contributed by atoms with E-state index in [-0.39, 0.29) is 17.8 Å². The quantitative estimate of drug-likeness (QED) is 0.248. The molecular weight excluding hydrogens is 392 g/mol. The first-order valence-electron chi connectivity index (χ1n) is 10.5. The van der Waals surface area contributed by atoms with Crippen molar-refractivity contribution in [1.29, 1.82) is 0 Å². The zero-order valence-corrected chi connectivity index (χ0v) is 18.6. The van der Waals surface area contributed by atoms with Gasteiger partial charge in [-0.15, -0.1) is 0 Å². The summed E-state index contributed by atoms with van der Waals surface area (Å²) < 4.78 is 21.5. The zero-order chi connectivity index (χ0) is 22.4. The van der Waals surface area contributed by atoms with Gasteiger partial charge in [0.15, 0.2) is 0 Å². The normalized spacial score (nSPS) is 11.5. The van der Waals surface area contributed by atoms with Crippen LogP contribution in [-0.2, 0) is 23.7 Å². The molecule has 0 aliphatic heterocycles. The molecule has 0 fully saturated rings. The molecule has 9 heteroatoms. The van der Waals surface area contributed by atoms with Crippen molar-refractivity contribution in [1.82, 2.24) is 0 Å². The largest absolute Gasteiger partial charge is 0.379 e. The molecule has 0 unspecified atom stereocenters. The Morgan fingerprint density at radius 1 is 0.733 bits per heavy atom. The third kappa shape index (κ3) is 10.3. The monoisotopic (exact) mass is 428 g/mol. The van der Waals surface area contributed by atoms with Gasteiger partial charge in [0.05, 0.1) is 52.4 Å². The second-order valence-electron chi connectivity index (χ2n) is 7.39. The minimum absolute atomic E-state index is 0.0443. The molecule has 172 valence electrons. The van der Waals surface area contributed by atoms with Gasteiger partial charge in [0.25, 0.3) is 10.9 Å². The minimum Gasteiger partial charge on any atom is -0.379 e. The van der Waals surface area contributed by atoms with Crippen LogP contribution < -0.4 is 21.5 Å². The maximum Gasteiger partial charge on any atom is 0.253 e. The molecule has 0 aliphatic carbocycles. The molecule has 0 spiro atoms. The lowest BCUT2D eigenvalue weighted by molar-refractivity contribution is -0.123. The number of anilines is 2. The molecule has 0 amide bonds. The molecule has 0 aliphatic rings. The summed E-state index contributed by atoms with van der Waals surface area (Å²) in [6, 6.07) is 0. The summed E-state index contributed by atoms with van der Waals surface area (Å²) in [7, 11) is 0. The summed E-state index contributed by atoms with van der Waals surface area (Å²) in [5.41, 5.74) is -0.406. The molecule has 1 rings (SSSR count). The molecule has 0 heterocycles. The fourth-order valence-corrected chi connectivity index (χ4v) is 2.45. The molecule has 0 saturated carbocycles. The van der Waals surface area contributed by atoms with E-state index in [1.54, 1.807) is 0 Å². The van der Waals surface area contributed by atoms with E-state index in [1.807, 2.05) is 27.7 Å². The molecule has 1 aromatic rings. The standard InChI is InChI=1S/C21H36N2O7/c1-15(2)17(24)5-8-27-11-13-29-14-12-28-9-6-22-18-19(21(26)20(18)25)23-7-10-30-16(3)4/h15-16,22-23H,5-14H2,1-4H3. The SMILES string of the molecule is CC(C)OCCNc1c(NCCOCCOCCOCCC(=O)C(C)C)c(=O)c1=O. The number of hydrogen-bond donors (Lipinski definition) is 2. The van der Waals surface area contributed by atoms with E-state index >= 15 is 0 Å². The van der Waals surface area contributed by atoms with Crippen LogP contribution >= 0.6 is 0 Å². The Hall–Kier alpha value is -1.81. The Bertz CT molecular complexity index is 681. The van der Waals surface area contributed by atoms with Crippen molar-refractivity contribution in [2.24, 2.45) is 5.92 Å². The van der Waals surface area contributed by atoms with Gasteiger partial charge >= 0.3 is 0 Å². The van der Waals surface area contributed by atoms with Gasteiger partial charge in [-0.25, -0.2) is 0 Å². The average Bonchev–Trinajstić information content (AvgIpc) is 2.71. The lowest BCUT2D eigenvalue weighted by Crippen LogP contribution is -2.38. The molecule has 9 nitrogen and oxygen atoms in total. The highest BCUT2D eigenvalue weighted by molar-refractivity contribution is 5.80. The van der Waals surface area contributed by atoms with Gasteiger partial charge in [-0.2, -0.15) is 0 Å². The Morgan fingerprint density at radius 2 is 1.20 bits per heavy atom. The van der Waals surface area contributed by atoms with Crippen molar-refractivity contribution < 1.29 is 23.7 Å². The van der Waals surface area contributed by atoms with Crippen molar-refractivity contribution in [3.63, 3.8) is 0 Å². The molecule has 1 aromatic carbocycles. The Balaban J connectivity index is 2.01. The maximum absolute atomic E-state index is 11.7. The molecule has 30 heavy (non-hydrogen) atoms. The minimum atomic E-state index is -0.513. The highest BCUT2D eigenvalue weighted by atomic mass is 16.5. The number of ketones is 1. The fourth-order valence-electron chi connectivity index (χ4n) is 2.45. The van der Waals surface area contributed by atoms with Crippen molar-refractivity contribution in [3.8, 4) is 0 Å². The van der Waals surface area contributed by atoms with Gasteiger partial charge in [-0.05, 0) is 13.8 Å². The third-order valence-corrected chi connectivity index (χ3v) is 4.19. The van der Waals surface area contributed by atoms with Gasteiger partial charge in [-0.3, -0.25) is 14.4 Å². The van der Waals surface area contributed by atoms with E-state index < -0.39 is 10.9 Å². The topological polar surface area (TPSA) is 112 Å². The lowest BCUT2D eigenvalue weighted by Gasteiger charge is -2.15. The molecule has 0 bridgehead atoms. The second kappa shape index (κ2) is 15.1. The Morgan fingerprint density at radius 3 is 1.70 bits per heavy atom. The first-order valence-corrected chi connectivity index (χ1v) is 10.5. The first kappa shape index (κ1) is 26.2. The summed E-state index contributed by atoms with van der Waals surface area (Å²) in [4.78, 5) is 34.7. The first-order chi connectivity index (χ1) is 14.3. The van der Waals surface area contributed by atoms with Gasteiger partial charge in [-0.1, -0.05) is 13.8 Å². The number of hydrogen-bond acceptors (Lipinski definition) is 9. The second-order valence-corrected chi connectivity index (χ2v) is 7.39. The predicted molar refractivity (Wildman–Crippen MR) is 116 cm³/mol. The summed E-state index contributed by atoms with van der Waals surface area (Å²) >= 11 is 0. The number of carbonyl (C=O) groups is 1. The number of ether oxygens (including phenoxy) is 4. The third-order valence-electron chi connectivity index (χ3n) is 4.19. The van der Waals surface area contributed by atoms with Crippen LogP contribution in [0.25, 0.3) is 0 Å². The summed E-state index contributed by atoms with van der Waals surface area (Å²) in [6.07, 6.45) is 0.549. The molecule has 0 saturated heterocycles. The van der Waals surface area contributed by atoms with Crippen molar-refractivity contribution in [2.75, 3.05) is 70.0 Å². The van der Waals surface area contributed by atoms with Crippen LogP contribution in [0.5, 0.6) is 0 Å². The predicted octanol–water partition coefficient (Wildman–Crippen LogP) is 1.20. The molecule has 0 aromatic heterocycles. The van der Waals surface area contributed by atoms with E-state index in [4.69, 9.17) is 18.9 Å². The van der Waals surface area contributed by atoms with Gasteiger partial charge in [0.2, 0.25) is 0 Å². The maximum atomic E-state index is 11.7. The van der Waals surface area contributed by atoms with Gasteiger partial charge in [0, 0.05) is 25.4 Å². The van der Waals surface area contributed by atoms with Crippen LogP contribution in [0.4, 0.5) is 11.4 Å². The fraction of sp³-hybridized carbons (Fsp3) is 0.762. The highest BCUT2D eigenvalue weighted by Gasteiger charge is 2.19. The van der Waals surface area contributed by atoms with Gasteiger partial charge in [0.1, 0.15) is 17.2 Å². The van der Waals surface area contributed by atoms with E-state index in [2.05, 4.69) is 10.6 Å². The van der Waals surface area contributed by atoms with Crippen molar-refractivity contribution >= 4 is 17.2 Å². The zero-order valence-electron chi connectivity index (χ0n) is 18.6. The number of Topliss-reactive ketones (excluding diaryl/α,β-unsaturated/α-hetero) is 1. The summed E-state index contributed by atoms with van der Waals surface area (Å²) in [5, 5.41) is 5.87. The van der Waals surface area contributed by atoms with Crippen LogP contribution in [0.2, 0.25) is 0 Å². The van der Waals surface area contributed by atoms with Crippen LogP contribution in [0.3, 0.4) is 0 Å². The Labute approximate surface area is 178 Å². The van der Waals surface area contributed by atoms with Crippen LogP contribution in [0.1, 0.15) is 34.1 Å². The van der Waals surface area contributed by atoms with E-state index in [1.165, 1.54) is 0 Å². The molecule has 2 N–H and O–H groups in total. The Kier molecular flexibility index (Phi) is 13.2. The van der Waals surface area contributed by atoms with Crippen LogP contribution in [-0.4, -0.2) is 71.2 Å². The van der Waals surface area contributed by atoms with Crippen LogP contribution in [0, 0.1) is 5.92 Å². The van der Waals surface area contributed by atoms with Crippen LogP contribution in [0.15, 0.2) is 9.59 Å². The number of carbonyl (C=O) groups excluding carboxylic acids is 1. The summed E-state index contributed by atoms with van der Waals surface area (Å²) in [5.74, 6) is 0.243. The van der Waals surface area contributed by atoms with Gasteiger partial charge < -0.3 is 29.6 Å². The molecule has 0 radical (unpaired) electrons. The van der Waals surface area contributed by atoms with E-state index in [0.29, 0.717) is 77.1 Å². The van der Waals surface area contributed by atoms with E-state index in [0.717, 1.165) is 0 Å². The lowest BCUT2D eigenvalue weighted by atomic mass is 10.1. The highest BCUT2D eigenvalue weighted by Crippen LogP contribution is 2.13. The average molecular weight is 429 g/mol. The van der Waals surface area contributed by atoms with Crippen molar-refractivity contribution in [2.45, 2.75) is 40.2 Å². The summed E-state index contributed by atoms with van der Waals surface area (Å²) in [6.45, 7) is 11.5. The molecular formula is C21H36N2O7. The molecule has 0 atom stereocenters. The smallest absolute Gasteiger partial charge is 0.253 e. The number of nitrogens with one attached hydrogen (secondary N) is 2. The van der Waals surface area contributed by atoms with E-state index in [9.17, 15) is 14.4 Å². The van der Waals surface area contributed by atoms with Crippen molar-refractivity contribution in [3.05, 3.63) is 20.4 Å².